The van der Waals surface area contributed by atoms with E-state index in [0.717, 1.165) is 9.63 Å². The molecule has 70 valence electrons. The van der Waals surface area contributed by atoms with E-state index < -0.39 is 0 Å². The van der Waals surface area contributed by atoms with Crippen molar-refractivity contribution in [2.45, 2.75) is 55.3 Å². The molecule has 2 aliphatic heterocycles. The zero-order valence-electron chi connectivity index (χ0n) is 8.03. The molecule has 0 N–H and O–H groups in total. The molecule has 2 fully saturated rings. The molecule has 2 aliphatic rings. The molecule has 0 amide bonds. The molecule has 3 heteroatoms. The van der Waals surface area contributed by atoms with Gasteiger partial charge in [0.15, 0.2) is 0 Å². The van der Waals surface area contributed by atoms with Crippen LogP contribution in [0.5, 0.6) is 0 Å². The third-order valence-corrected chi connectivity index (χ3v) is 5.45. The number of fused-ring (bicyclic) bond motifs is 1. The van der Waals surface area contributed by atoms with Crippen molar-refractivity contribution in [1.29, 1.82) is 0 Å². The standard InChI is InChI=1S/C9H16O2Se/c1-5-7-8(6(2)12-5)11-9(3,4)10-7/h5-8H,1-4H3/t5-,6-,7+,8+/m0/s1. The quantitative estimate of drug-likeness (QED) is 0.596. The molecule has 0 aromatic rings. The normalized spacial score (nSPS) is 51.0. The first-order valence-corrected chi connectivity index (χ1v) is 6.48. The average molecular weight is 235 g/mol. The van der Waals surface area contributed by atoms with E-state index in [1.165, 1.54) is 0 Å². The molecule has 0 spiro atoms. The number of hydrogen-bond acceptors (Lipinski definition) is 2. The van der Waals surface area contributed by atoms with Crippen molar-refractivity contribution in [3.8, 4) is 0 Å². The molecule has 0 aliphatic carbocycles. The first-order chi connectivity index (χ1) is 5.49. The fraction of sp³-hybridized carbons (Fsp3) is 1.00. The molecule has 2 rings (SSSR count). The van der Waals surface area contributed by atoms with E-state index in [0.29, 0.717) is 27.2 Å². The summed E-state index contributed by atoms with van der Waals surface area (Å²) in [6.45, 7) is 8.59. The summed E-state index contributed by atoms with van der Waals surface area (Å²) in [5.41, 5.74) is 0. The van der Waals surface area contributed by atoms with Crippen LogP contribution in [0.4, 0.5) is 0 Å². The Bertz CT molecular complexity index is 175. The Labute approximate surface area is 80.2 Å². The van der Waals surface area contributed by atoms with Gasteiger partial charge >= 0.3 is 79.8 Å². The van der Waals surface area contributed by atoms with Crippen molar-refractivity contribution in [3.05, 3.63) is 0 Å². The van der Waals surface area contributed by atoms with E-state index in [2.05, 4.69) is 13.8 Å². The van der Waals surface area contributed by atoms with Crippen molar-refractivity contribution < 1.29 is 9.47 Å². The SMILES string of the molecule is C[C@@H]1[Se][C@@H](C)[C@H]2OC(C)(C)O[C@@H]21. The summed E-state index contributed by atoms with van der Waals surface area (Å²) in [5, 5.41) is 0. The van der Waals surface area contributed by atoms with E-state index in [1.807, 2.05) is 13.8 Å². The van der Waals surface area contributed by atoms with Crippen molar-refractivity contribution in [1.82, 2.24) is 0 Å². The van der Waals surface area contributed by atoms with Gasteiger partial charge in [0.25, 0.3) is 0 Å². The number of rotatable bonds is 0. The minimum absolute atomic E-state index is 0.339. The van der Waals surface area contributed by atoms with Gasteiger partial charge in [-0.25, -0.2) is 0 Å². The third kappa shape index (κ3) is 1.33. The Balaban J connectivity index is 2.15. The van der Waals surface area contributed by atoms with Gasteiger partial charge in [-0.05, 0) is 0 Å². The van der Waals surface area contributed by atoms with Gasteiger partial charge in [-0.1, -0.05) is 0 Å². The van der Waals surface area contributed by atoms with Crippen LogP contribution in [0, 0.1) is 0 Å². The first-order valence-electron chi connectivity index (χ1n) is 4.51. The van der Waals surface area contributed by atoms with Crippen molar-refractivity contribution in [2.75, 3.05) is 0 Å². The maximum absolute atomic E-state index is 5.85. The van der Waals surface area contributed by atoms with E-state index in [9.17, 15) is 0 Å². The van der Waals surface area contributed by atoms with Crippen LogP contribution in [0.15, 0.2) is 0 Å². The van der Waals surface area contributed by atoms with E-state index in [1.54, 1.807) is 0 Å². The fourth-order valence-corrected chi connectivity index (χ4v) is 4.99. The summed E-state index contributed by atoms with van der Waals surface area (Å²) in [5.74, 6) is -0.339. The molecule has 2 saturated heterocycles. The molecule has 12 heavy (non-hydrogen) atoms. The second-order valence-corrected chi connectivity index (χ2v) is 7.80. The van der Waals surface area contributed by atoms with Crippen molar-refractivity contribution >= 4 is 15.0 Å². The van der Waals surface area contributed by atoms with Gasteiger partial charge in [0, 0.05) is 0 Å². The van der Waals surface area contributed by atoms with Crippen LogP contribution in [-0.2, 0) is 9.47 Å². The Kier molecular flexibility index (Phi) is 2.04. The summed E-state index contributed by atoms with van der Waals surface area (Å²) in [7, 11) is 0. The van der Waals surface area contributed by atoms with E-state index >= 15 is 0 Å². The van der Waals surface area contributed by atoms with E-state index in [-0.39, 0.29) is 5.79 Å². The fourth-order valence-electron chi connectivity index (χ4n) is 2.04. The molecule has 2 nitrogen and oxygen atoms in total. The molecular formula is C9H16O2Se. The van der Waals surface area contributed by atoms with Crippen LogP contribution in [0.3, 0.4) is 0 Å². The summed E-state index contributed by atoms with van der Waals surface area (Å²) >= 11 is 0.700. The predicted octanol–water partition coefficient (Wildman–Crippen LogP) is 1.84. The Hall–Kier alpha value is 0.439. The maximum atomic E-state index is 5.85. The van der Waals surface area contributed by atoms with Crippen LogP contribution >= 0.6 is 0 Å². The van der Waals surface area contributed by atoms with Crippen LogP contribution in [-0.4, -0.2) is 33.0 Å². The Morgan fingerprint density at radius 2 is 1.42 bits per heavy atom. The van der Waals surface area contributed by atoms with Gasteiger partial charge in [-0.3, -0.25) is 0 Å². The Morgan fingerprint density at radius 3 is 1.83 bits per heavy atom. The zero-order chi connectivity index (χ0) is 8.93. The van der Waals surface area contributed by atoms with Crippen LogP contribution in [0.25, 0.3) is 0 Å². The van der Waals surface area contributed by atoms with Gasteiger partial charge < -0.3 is 0 Å². The van der Waals surface area contributed by atoms with Gasteiger partial charge in [-0.15, -0.1) is 0 Å². The van der Waals surface area contributed by atoms with E-state index in [4.69, 9.17) is 9.47 Å². The zero-order valence-corrected chi connectivity index (χ0v) is 9.75. The molecular weight excluding hydrogens is 219 g/mol. The summed E-state index contributed by atoms with van der Waals surface area (Å²) in [6.07, 6.45) is 0.741. The average Bonchev–Trinajstić information content (AvgIpc) is 2.34. The van der Waals surface area contributed by atoms with Crippen molar-refractivity contribution in [3.63, 3.8) is 0 Å². The monoisotopic (exact) mass is 236 g/mol. The molecule has 0 saturated carbocycles. The topological polar surface area (TPSA) is 18.5 Å². The summed E-state index contributed by atoms with van der Waals surface area (Å²) in [6, 6.07) is 0. The second kappa shape index (κ2) is 2.71. The van der Waals surface area contributed by atoms with Crippen LogP contribution in [0.1, 0.15) is 27.7 Å². The molecule has 0 aromatic carbocycles. The second-order valence-electron chi connectivity index (χ2n) is 4.11. The number of hydrogen-bond donors (Lipinski definition) is 0. The van der Waals surface area contributed by atoms with Gasteiger partial charge in [0.05, 0.1) is 0 Å². The molecule has 4 atom stereocenters. The Morgan fingerprint density at radius 1 is 1.00 bits per heavy atom. The summed E-state index contributed by atoms with van der Waals surface area (Å²) < 4.78 is 11.7. The number of ether oxygens (including phenoxy) is 2. The van der Waals surface area contributed by atoms with Crippen LogP contribution < -0.4 is 0 Å². The molecule has 2 heterocycles. The molecule has 0 aromatic heterocycles. The minimum atomic E-state index is -0.339. The van der Waals surface area contributed by atoms with Gasteiger partial charge in [0.1, 0.15) is 0 Å². The molecule has 0 radical (unpaired) electrons. The van der Waals surface area contributed by atoms with Gasteiger partial charge in [0.2, 0.25) is 0 Å². The van der Waals surface area contributed by atoms with Crippen LogP contribution in [0.2, 0.25) is 9.63 Å². The molecule has 0 unspecified atom stereocenters. The summed E-state index contributed by atoms with van der Waals surface area (Å²) in [4.78, 5) is 1.44. The van der Waals surface area contributed by atoms with Gasteiger partial charge in [-0.2, -0.15) is 0 Å². The first kappa shape index (κ1) is 9.01. The third-order valence-electron chi connectivity index (χ3n) is 2.52. The predicted molar refractivity (Wildman–Crippen MR) is 48.4 cm³/mol. The molecule has 0 bridgehead atoms. The van der Waals surface area contributed by atoms with Crippen molar-refractivity contribution in [2.24, 2.45) is 0 Å².